The van der Waals surface area contributed by atoms with Crippen LogP contribution >= 0.6 is 23.5 Å². The summed E-state index contributed by atoms with van der Waals surface area (Å²) in [6.45, 7) is 8.29. The van der Waals surface area contributed by atoms with Crippen LogP contribution in [0, 0.1) is 16.7 Å². The number of imidazole rings is 1. The van der Waals surface area contributed by atoms with Crippen LogP contribution in [0.2, 0.25) is 0 Å². The van der Waals surface area contributed by atoms with Crippen LogP contribution in [0.3, 0.4) is 0 Å². The van der Waals surface area contributed by atoms with E-state index < -0.39 is 90.0 Å². The number of aryl methyl sites for hydroxylation is 2. The van der Waals surface area contributed by atoms with Gasteiger partial charge in [-0.3, -0.25) is 28.1 Å². The zero-order valence-electron chi connectivity index (χ0n) is 41.0. The van der Waals surface area contributed by atoms with Crippen molar-refractivity contribution in [2.24, 2.45) is 16.7 Å². The third-order valence-electron chi connectivity index (χ3n) is 12.0. The molecule has 27 heteroatoms. The van der Waals surface area contributed by atoms with E-state index in [4.69, 9.17) is 10.5 Å². The van der Waals surface area contributed by atoms with E-state index in [2.05, 4.69) is 81.6 Å². The summed E-state index contributed by atoms with van der Waals surface area (Å²) in [4.78, 5) is 98.1. The Morgan fingerprint density at radius 3 is 2.10 bits per heavy atom. The quantitative estimate of drug-likeness (QED) is 0.0443. The molecule has 6 N–H and O–H groups in total. The fraction of sp³-hybridized carbons (Fsp3) is 0.682. The molecule has 7 unspecified atom stereocenters. The van der Waals surface area contributed by atoms with E-state index in [1.165, 1.54) is 57.1 Å². The normalized spacial score (nSPS) is 19.9. The van der Waals surface area contributed by atoms with Crippen LogP contribution in [0.25, 0.3) is 11.2 Å². The molecule has 2 amide bonds. The van der Waals surface area contributed by atoms with Gasteiger partial charge in [0.15, 0.2) is 17.7 Å². The average molecular weight is 1060 g/mol. The van der Waals surface area contributed by atoms with Gasteiger partial charge in [-0.15, -0.1) is 0 Å². The number of phosphoric acid groups is 3. The number of hydrogen-bond acceptors (Lipinski definition) is 21. The average Bonchev–Trinajstić information content (AvgIpc) is 3.84. The minimum Gasteiger partial charge on any atom is -0.790 e. The Hall–Kier alpha value is -3.57. The van der Waals surface area contributed by atoms with Crippen molar-refractivity contribution in [2.45, 2.75) is 149 Å². The summed E-state index contributed by atoms with van der Waals surface area (Å²) in [6, 6.07) is 8.81. The Morgan fingerprint density at radius 1 is 0.859 bits per heavy atom. The number of aliphatic hydroxyl groups excluding tert-OH is 2. The van der Waals surface area contributed by atoms with Crippen molar-refractivity contribution >= 4 is 58.0 Å². The molecule has 0 spiro atoms. The number of ether oxygens (including phenoxy) is 1. The molecule has 3 heterocycles. The molecule has 1 aromatic carbocycles. The van der Waals surface area contributed by atoms with Crippen LogP contribution in [-0.2, 0) is 63.5 Å². The summed E-state index contributed by atoms with van der Waals surface area (Å²) < 4.78 is 61.0. The van der Waals surface area contributed by atoms with Gasteiger partial charge in [-0.2, -0.15) is 0 Å². The molecule has 2 aromatic heterocycles. The smallest absolute Gasteiger partial charge is 0.274 e. The number of unbranched alkanes of at least 4 members (excludes halogenated alkanes) is 4. The van der Waals surface area contributed by atoms with E-state index in [0.29, 0.717) is 6.42 Å². The van der Waals surface area contributed by atoms with Crippen LogP contribution in [0.4, 0.5) is 5.82 Å². The number of nitrogens with zero attached hydrogens (tertiary/aromatic N) is 4. The van der Waals surface area contributed by atoms with Gasteiger partial charge in [0.1, 0.15) is 42.0 Å². The van der Waals surface area contributed by atoms with Crippen molar-refractivity contribution < 1.29 is 80.5 Å². The number of hydrogen-bond donors (Lipinski definition) is 5. The predicted molar refractivity (Wildman–Crippen MR) is 250 cm³/mol. The lowest BCUT2D eigenvalue weighted by molar-refractivity contribution is -0.347. The van der Waals surface area contributed by atoms with Crippen LogP contribution in [0.1, 0.15) is 123 Å². The highest BCUT2D eigenvalue weighted by molar-refractivity contribution is 7.59. The lowest BCUT2D eigenvalue weighted by Crippen LogP contribution is -2.46. The fourth-order valence-corrected chi connectivity index (χ4v) is 10.4. The first-order chi connectivity index (χ1) is 33.1. The summed E-state index contributed by atoms with van der Waals surface area (Å²) in [5.74, 6) is -0.808. The maximum atomic E-state index is 13.0. The molecule has 1 aliphatic rings. The Bertz CT molecular complexity index is 2360. The van der Waals surface area contributed by atoms with Crippen LogP contribution in [0.15, 0.2) is 36.9 Å². The van der Waals surface area contributed by atoms with Gasteiger partial charge in [-0.25, -0.2) is 19.3 Å². The molecule has 7 atom stereocenters. The van der Waals surface area contributed by atoms with Gasteiger partial charge < -0.3 is 69.0 Å². The first kappa shape index (κ1) is 60.0. The number of aromatic nitrogens is 4. The van der Waals surface area contributed by atoms with E-state index in [9.17, 15) is 57.9 Å². The standard InChI is InChI=1S/C44H72N7O17P3/c1-29(2)13-9-7-8-10-14-30-16-18-31(19-17-30)15-11-12-22-43(3,4)33(52)20-23-46-34(53)21-24-47-41(56)38(55)44(5,6)26-65-71(62,63)68-70(60,61)64-25-32-37(67-69(57,58)59)36(54)42(66-32)51-28-50-35-39(45)48-27-49-40(35)51/h16-19,27-29,32,36-38,42,54-55H,7-15,20-26H2,1-6H3,(H,46,53)(H,47,56)(H,60,61)(H,62,63)(H2,45,48,49)(H2,57,58,59)/p-4. The molecule has 4 rings (SSSR count). The highest BCUT2D eigenvalue weighted by Crippen LogP contribution is 2.56. The summed E-state index contributed by atoms with van der Waals surface area (Å²) in [7, 11) is -17.6. The number of carbonyl (C=O) groups excluding carboxylic acids is 3. The molecule has 0 radical (unpaired) electrons. The number of nitrogens with two attached hydrogens (primary N) is 1. The zero-order chi connectivity index (χ0) is 52.8. The maximum absolute atomic E-state index is 13.0. The number of aliphatic hydroxyl groups is 2. The first-order valence-electron chi connectivity index (χ1n) is 23.5. The van der Waals surface area contributed by atoms with Gasteiger partial charge in [-0.05, 0) is 49.1 Å². The molecule has 0 saturated carbocycles. The Morgan fingerprint density at radius 2 is 1.46 bits per heavy atom. The number of Topliss-reactive ketones (excluding diaryl/α,β-unsaturated/α-hetero) is 1. The number of fused-ring (bicyclic) bond motifs is 1. The summed E-state index contributed by atoms with van der Waals surface area (Å²) in [5.41, 5.74) is 6.13. The molecular formula is C44H68N7O17P3-4. The number of nitrogen functional groups attached to an aromatic ring is 1. The van der Waals surface area contributed by atoms with E-state index in [1.807, 2.05) is 13.8 Å². The highest BCUT2D eigenvalue weighted by atomic mass is 31.3. The van der Waals surface area contributed by atoms with Crippen LogP contribution in [0.5, 0.6) is 0 Å². The molecule has 0 aliphatic carbocycles. The summed E-state index contributed by atoms with van der Waals surface area (Å²) in [6.07, 6.45) is 3.34. The van der Waals surface area contributed by atoms with Gasteiger partial charge in [0.2, 0.25) is 11.8 Å². The van der Waals surface area contributed by atoms with Crippen molar-refractivity contribution in [2.75, 3.05) is 32.0 Å². The van der Waals surface area contributed by atoms with E-state index in [0.717, 1.165) is 48.8 Å². The Balaban J connectivity index is 1.13. The van der Waals surface area contributed by atoms with Gasteiger partial charge in [0, 0.05) is 36.8 Å². The van der Waals surface area contributed by atoms with Crippen molar-refractivity contribution in [1.82, 2.24) is 30.2 Å². The van der Waals surface area contributed by atoms with Crippen molar-refractivity contribution in [3.05, 3.63) is 48.0 Å². The largest absolute Gasteiger partial charge is 0.790 e. The first-order valence-corrected chi connectivity index (χ1v) is 27.9. The van der Waals surface area contributed by atoms with Crippen molar-refractivity contribution in [3.8, 4) is 0 Å². The number of nitrogens with one attached hydrogen (secondary N) is 2. The Labute approximate surface area is 413 Å². The van der Waals surface area contributed by atoms with Crippen LogP contribution < -0.4 is 35.9 Å². The second-order valence-electron chi connectivity index (χ2n) is 19.4. The van der Waals surface area contributed by atoms with Gasteiger partial charge in [-0.1, -0.05) is 97.9 Å². The molecule has 3 aromatic rings. The van der Waals surface area contributed by atoms with Gasteiger partial charge in [0.05, 0.1) is 27.4 Å². The lowest BCUT2D eigenvalue weighted by Gasteiger charge is -2.36. The predicted octanol–water partition coefficient (Wildman–Crippen LogP) is 2.42. The number of benzene rings is 1. The highest BCUT2D eigenvalue weighted by Gasteiger charge is 2.47. The fourth-order valence-electron chi connectivity index (χ4n) is 7.71. The summed E-state index contributed by atoms with van der Waals surface area (Å²) >= 11 is 0. The minimum absolute atomic E-state index is 0.00281. The second kappa shape index (κ2) is 26.6. The van der Waals surface area contributed by atoms with Gasteiger partial charge >= 0.3 is 0 Å². The van der Waals surface area contributed by atoms with E-state index in [1.54, 1.807) is 0 Å². The number of ketones is 1. The molecule has 71 heavy (non-hydrogen) atoms. The van der Waals surface area contributed by atoms with Gasteiger partial charge in [0.25, 0.3) is 15.6 Å². The van der Waals surface area contributed by atoms with Crippen molar-refractivity contribution in [3.63, 3.8) is 0 Å². The minimum atomic E-state index is -5.93. The summed E-state index contributed by atoms with van der Waals surface area (Å²) in [5, 5.41) is 26.5. The molecular weight excluding hydrogens is 991 g/mol. The SMILES string of the molecule is CC(C)CCCCCCc1ccc(CCCCC(C)(C)C(=O)CCNC(=O)CCNC(=O)C(O)C(C)(C)COP(=O)([O-])OP(=O)([O-])OCC2OC(n3cnc4c(N)ncnc43)C(O)C2OP(=O)([O-])[O-])cc1. The number of carbonyl (C=O) groups is 3. The van der Waals surface area contributed by atoms with Crippen LogP contribution in [-0.4, -0.2) is 98.0 Å². The number of phosphoric ester groups is 3. The molecule has 400 valence electrons. The molecule has 0 bridgehead atoms. The Kier molecular flexibility index (Phi) is 22.5. The molecule has 1 saturated heterocycles. The van der Waals surface area contributed by atoms with E-state index >= 15 is 0 Å². The second-order valence-corrected chi connectivity index (χ2v) is 23.5. The zero-order valence-corrected chi connectivity index (χ0v) is 43.7. The maximum Gasteiger partial charge on any atom is 0.274 e. The number of anilines is 1. The lowest BCUT2D eigenvalue weighted by atomic mass is 9.81. The molecule has 1 aliphatic heterocycles. The molecule has 1 fully saturated rings. The molecule has 24 nitrogen and oxygen atoms in total. The third kappa shape index (κ3) is 19.7. The van der Waals surface area contributed by atoms with E-state index in [-0.39, 0.29) is 48.7 Å². The monoisotopic (exact) mass is 1060 g/mol. The number of amides is 2. The van der Waals surface area contributed by atoms with Crippen molar-refractivity contribution in [1.29, 1.82) is 0 Å². The third-order valence-corrected chi connectivity index (χ3v) is 15.0. The topological polar surface area (TPSA) is 375 Å². The number of rotatable bonds is 32.